The summed E-state index contributed by atoms with van der Waals surface area (Å²) in [5.41, 5.74) is 0. The molecule has 0 aromatic heterocycles. The van der Waals surface area contributed by atoms with Crippen LogP contribution in [0.15, 0.2) is 25.3 Å². The quantitative estimate of drug-likeness (QED) is 0.725. The number of nitrogens with one attached hydrogen (secondary N) is 1. The topological polar surface area (TPSA) is 35.6 Å². The van der Waals surface area contributed by atoms with Gasteiger partial charge in [0.05, 0.1) is 6.54 Å². The molecule has 4 nitrogen and oxygen atoms in total. The van der Waals surface area contributed by atoms with Gasteiger partial charge >= 0.3 is 0 Å². The highest BCUT2D eigenvalue weighted by Gasteiger charge is 2.30. The van der Waals surface area contributed by atoms with Crippen molar-refractivity contribution >= 4 is 5.91 Å². The van der Waals surface area contributed by atoms with Crippen LogP contribution in [0.4, 0.5) is 0 Å². The van der Waals surface area contributed by atoms with E-state index in [1.807, 2.05) is 4.90 Å². The maximum atomic E-state index is 12.4. The SMILES string of the molecule is C=CCN(CC=C)C(=O)CN1CCCC(C2CCCN2)C1. The fourth-order valence-electron chi connectivity index (χ4n) is 3.56. The Morgan fingerprint density at radius 3 is 2.62 bits per heavy atom. The minimum atomic E-state index is 0.190. The Hall–Kier alpha value is -1.13. The number of hydrogen-bond acceptors (Lipinski definition) is 3. The van der Waals surface area contributed by atoms with Gasteiger partial charge in [0.15, 0.2) is 0 Å². The predicted octanol–water partition coefficient (Wildman–Crippen LogP) is 1.65. The van der Waals surface area contributed by atoms with Crippen LogP contribution in [0, 0.1) is 5.92 Å². The van der Waals surface area contributed by atoms with Crippen LogP contribution < -0.4 is 5.32 Å². The van der Waals surface area contributed by atoms with Crippen molar-refractivity contribution in [3.8, 4) is 0 Å². The summed E-state index contributed by atoms with van der Waals surface area (Å²) < 4.78 is 0. The first-order valence-electron chi connectivity index (χ1n) is 8.20. The molecule has 2 aliphatic heterocycles. The summed E-state index contributed by atoms with van der Waals surface area (Å²) in [7, 11) is 0. The number of hydrogen-bond donors (Lipinski definition) is 1. The van der Waals surface area contributed by atoms with Crippen molar-refractivity contribution < 1.29 is 4.79 Å². The van der Waals surface area contributed by atoms with Gasteiger partial charge in [-0.2, -0.15) is 0 Å². The van der Waals surface area contributed by atoms with E-state index in [2.05, 4.69) is 23.4 Å². The van der Waals surface area contributed by atoms with Crippen LogP contribution in [0.3, 0.4) is 0 Å². The average Bonchev–Trinajstić information content (AvgIpc) is 3.01. The zero-order valence-electron chi connectivity index (χ0n) is 13.1. The smallest absolute Gasteiger partial charge is 0.237 e. The van der Waals surface area contributed by atoms with Crippen LogP contribution in [0.2, 0.25) is 0 Å². The Labute approximate surface area is 128 Å². The summed E-state index contributed by atoms with van der Waals surface area (Å²) in [6.45, 7) is 12.5. The van der Waals surface area contributed by atoms with E-state index < -0.39 is 0 Å². The van der Waals surface area contributed by atoms with Crippen LogP contribution in [-0.2, 0) is 4.79 Å². The monoisotopic (exact) mass is 291 g/mol. The van der Waals surface area contributed by atoms with Crippen LogP contribution in [0.5, 0.6) is 0 Å². The molecule has 1 amide bonds. The third-order valence-electron chi connectivity index (χ3n) is 4.62. The molecule has 0 aliphatic carbocycles. The number of carbonyl (C=O) groups excluding carboxylic acids is 1. The lowest BCUT2D eigenvalue weighted by atomic mass is 9.90. The lowest BCUT2D eigenvalue weighted by Crippen LogP contribution is -2.47. The molecule has 0 aromatic rings. The zero-order chi connectivity index (χ0) is 15.1. The molecule has 2 rings (SSSR count). The highest BCUT2D eigenvalue weighted by molar-refractivity contribution is 5.78. The summed E-state index contributed by atoms with van der Waals surface area (Å²) in [5.74, 6) is 0.899. The first kappa shape index (κ1) is 16.2. The van der Waals surface area contributed by atoms with E-state index in [1.165, 1.54) is 25.7 Å². The first-order valence-corrected chi connectivity index (χ1v) is 8.20. The molecule has 118 valence electrons. The number of amides is 1. The summed E-state index contributed by atoms with van der Waals surface area (Å²) in [5, 5.41) is 3.62. The Kier molecular flexibility index (Phi) is 6.46. The predicted molar refractivity (Wildman–Crippen MR) is 87.2 cm³/mol. The van der Waals surface area contributed by atoms with Crippen molar-refractivity contribution in [2.45, 2.75) is 31.7 Å². The Bertz CT molecular complexity index is 353. The molecular weight excluding hydrogens is 262 g/mol. The van der Waals surface area contributed by atoms with Crippen LogP contribution >= 0.6 is 0 Å². The van der Waals surface area contributed by atoms with Gasteiger partial charge in [-0.25, -0.2) is 0 Å². The minimum absolute atomic E-state index is 0.190. The van der Waals surface area contributed by atoms with Gasteiger partial charge in [0.25, 0.3) is 0 Å². The highest BCUT2D eigenvalue weighted by atomic mass is 16.2. The van der Waals surface area contributed by atoms with Crippen molar-refractivity contribution in [1.29, 1.82) is 0 Å². The van der Waals surface area contributed by atoms with E-state index in [-0.39, 0.29) is 5.91 Å². The van der Waals surface area contributed by atoms with Gasteiger partial charge in [-0.3, -0.25) is 9.69 Å². The molecule has 0 bridgehead atoms. The summed E-state index contributed by atoms with van der Waals surface area (Å²) in [6, 6.07) is 0.667. The standard InChI is InChI=1S/C17H29N3O/c1-3-10-20(11-4-2)17(21)14-19-12-6-7-15(13-19)16-8-5-9-18-16/h3-4,15-16,18H,1-2,5-14H2. The fourth-order valence-corrected chi connectivity index (χ4v) is 3.56. The molecular formula is C17H29N3O. The van der Waals surface area contributed by atoms with Crippen molar-refractivity contribution in [2.24, 2.45) is 5.92 Å². The number of piperidine rings is 1. The van der Waals surface area contributed by atoms with Gasteiger partial charge in [-0.05, 0) is 44.7 Å². The second-order valence-electron chi connectivity index (χ2n) is 6.22. The molecule has 4 heteroatoms. The van der Waals surface area contributed by atoms with E-state index in [4.69, 9.17) is 0 Å². The normalized spacial score (nSPS) is 26.5. The van der Waals surface area contributed by atoms with Crippen molar-refractivity contribution in [1.82, 2.24) is 15.1 Å². The van der Waals surface area contributed by atoms with Crippen LogP contribution in [-0.4, -0.2) is 61.0 Å². The number of nitrogens with zero attached hydrogens (tertiary/aromatic N) is 2. The molecule has 1 N–H and O–H groups in total. The number of rotatable bonds is 7. The number of carbonyl (C=O) groups is 1. The third kappa shape index (κ3) is 4.68. The van der Waals surface area contributed by atoms with E-state index in [1.54, 1.807) is 12.2 Å². The van der Waals surface area contributed by atoms with Crippen LogP contribution in [0.25, 0.3) is 0 Å². The Morgan fingerprint density at radius 2 is 2.00 bits per heavy atom. The largest absolute Gasteiger partial charge is 0.334 e. The van der Waals surface area contributed by atoms with Gasteiger partial charge in [0, 0.05) is 25.7 Å². The van der Waals surface area contributed by atoms with Gasteiger partial charge in [0.1, 0.15) is 0 Å². The maximum absolute atomic E-state index is 12.4. The fraction of sp³-hybridized carbons (Fsp3) is 0.706. The molecule has 2 unspecified atom stereocenters. The highest BCUT2D eigenvalue weighted by Crippen LogP contribution is 2.24. The van der Waals surface area contributed by atoms with Gasteiger partial charge in [-0.1, -0.05) is 12.2 Å². The van der Waals surface area contributed by atoms with Crippen LogP contribution in [0.1, 0.15) is 25.7 Å². The molecule has 2 heterocycles. The summed E-state index contributed by atoms with van der Waals surface area (Å²) >= 11 is 0. The Balaban J connectivity index is 1.84. The number of likely N-dealkylation sites (tertiary alicyclic amines) is 1. The maximum Gasteiger partial charge on any atom is 0.237 e. The van der Waals surface area contributed by atoms with Gasteiger partial charge < -0.3 is 10.2 Å². The van der Waals surface area contributed by atoms with E-state index in [0.29, 0.717) is 31.6 Å². The van der Waals surface area contributed by atoms with Crippen molar-refractivity contribution in [2.75, 3.05) is 39.3 Å². The molecule has 2 atom stereocenters. The molecule has 2 saturated heterocycles. The molecule has 2 fully saturated rings. The third-order valence-corrected chi connectivity index (χ3v) is 4.62. The molecule has 0 aromatic carbocycles. The van der Waals surface area contributed by atoms with E-state index >= 15 is 0 Å². The van der Waals surface area contributed by atoms with Gasteiger partial charge in [0.2, 0.25) is 5.91 Å². The van der Waals surface area contributed by atoms with Crippen molar-refractivity contribution in [3.63, 3.8) is 0 Å². The summed E-state index contributed by atoms with van der Waals surface area (Å²) in [6.07, 6.45) is 8.66. The van der Waals surface area contributed by atoms with E-state index in [0.717, 1.165) is 19.6 Å². The first-order chi connectivity index (χ1) is 10.2. The zero-order valence-corrected chi connectivity index (χ0v) is 13.1. The Morgan fingerprint density at radius 1 is 1.24 bits per heavy atom. The average molecular weight is 291 g/mol. The minimum Gasteiger partial charge on any atom is -0.334 e. The molecule has 0 radical (unpaired) electrons. The van der Waals surface area contributed by atoms with Crippen molar-refractivity contribution in [3.05, 3.63) is 25.3 Å². The lowest BCUT2D eigenvalue weighted by Gasteiger charge is -2.36. The second kappa shape index (κ2) is 8.35. The molecule has 0 spiro atoms. The van der Waals surface area contributed by atoms with E-state index in [9.17, 15) is 4.79 Å². The van der Waals surface area contributed by atoms with Gasteiger partial charge in [-0.15, -0.1) is 13.2 Å². The molecule has 21 heavy (non-hydrogen) atoms. The lowest BCUT2D eigenvalue weighted by molar-refractivity contribution is -0.131. The second-order valence-corrected chi connectivity index (χ2v) is 6.22. The molecule has 2 aliphatic rings. The molecule has 0 saturated carbocycles. The summed E-state index contributed by atoms with van der Waals surface area (Å²) in [4.78, 5) is 16.5.